The van der Waals surface area contributed by atoms with Crippen LogP contribution >= 0.6 is 0 Å². The predicted octanol–water partition coefficient (Wildman–Crippen LogP) is 6.85. The van der Waals surface area contributed by atoms with Crippen LogP contribution < -0.4 is 4.74 Å². The fraction of sp³-hybridized carbons (Fsp3) is 0.0294. The Labute approximate surface area is 253 Å². The molecule has 1 aromatic carbocycles. The van der Waals surface area contributed by atoms with Crippen LogP contribution in [0.2, 0.25) is 0 Å². The molecule has 201 valence electrons. The maximum absolute atomic E-state index is 5.33. The number of ether oxygens (including phenoxy) is 1. The van der Waals surface area contributed by atoms with Crippen molar-refractivity contribution in [3.63, 3.8) is 0 Å². The van der Waals surface area contributed by atoms with E-state index in [1.807, 2.05) is 103 Å². The molecule has 5 aromatic heterocycles. The molecule has 6 nitrogen and oxygen atoms in total. The van der Waals surface area contributed by atoms with Crippen LogP contribution in [-0.2, 0) is 19.8 Å². The largest absolute Gasteiger partial charge is 1.00 e. The summed E-state index contributed by atoms with van der Waals surface area (Å²) in [5.74, 6) is 3.15. The van der Waals surface area contributed by atoms with Gasteiger partial charge in [0.05, 0.1) is 22.8 Å². The summed E-state index contributed by atoms with van der Waals surface area (Å²) in [6.07, 6.45) is 13.9. The average Bonchev–Trinajstić information content (AvgIpc) is 3.07. The fourth-order valence-corrected chi connectivity index (χ4v) is 3.38. The van der Waals surface area contributed by atoms with Crippen molar-refractivity contribution < 1.29 is 24.5 Å². The predicted molar refractivity (Wildman–Crippen MR) is 158 cm³/mol. The standard InChI is InChI=1S/C14H10NO.2C10H8N2.Os/c1-2-10-16-13-8-9-15-14(11-13)12-6-4-3-5-7-12;2*1-3-7-11-9(5-1)10-6-2-4-8-12-10;/h1,3-6,8-9,11H,10H2;2*1-8H;/q-1;;;+1. The molecule has 0 atom stereocenters. The SMILES string of the molecule is C#CCOc1ccnc(-c2[c-]cccc2)c1.[Os+].c1ccc(-c2ccccn2)nc1.c1ccc(-c2ccccn2)nc1. The second-order valence-electron chi connectivity index (χ2n) is 8.01. The van der Waals surface area contributed by atoms with Gasteiger partial charge in [-0.25, -0.2) is 0 Å². The Balaban J connectivity index is 0.000000169. The average molecular weight is 711 g/mol. The summed E-state index contributed by atoms with van der Waals surface area (Å²) in [4.78, 5) is 21.0. The van der Waals surface area contributed by atoms with Crippen LogP contribution in [0.4, 0.5) is 0 Å². The van der Waals surface area contributed by atoms with Crippen LogP contribution in [-0.4, -0.2) is 31.5 Å². The van der Waals surface area contributed by atoms with Gasteiger partial charge in [0.1, 0.15) is 12.4 Å². The Hall–Kier alpha value is -5.03. The molecule has 0 N–H and O–H groups in total. The first-order valence-corrected chi connectivity index (χ1v) is 12.5. The quantitative estimate of drug-likeness (QED) is 0.144. The van der Waals surface area contributed by atoms with Gasteiger partial charge < -0.3 is 9.72 Å². The number of hydrogen-bond donors (Lipinski definition) is 0. The van der Waals surface area contributed by atoms with E-state index in [9.17, 15) is 0 Å². The molecular formula is C34H26N5OOs. The molecule has 0 aliphatic rings. The second kappa shape index (κ2) is 17.5. The van der Waals surface area contributed by atoms with Crippen molar-refractivity contribution in [3.05, 3.63) is 146 Å². The smallest absolute Gasteiger partial charge is 0.482 e. The molecule has 0 aliphatic heterocycles. The molecule has 0 fully saturated rings. The van der Waals surface area contributed by atoms with Crippen LogP contribution in [0.5, 0.6) is 5.75 Å². The summed E-state index contributed by atoms with van der Waals surface area (Å²) >= 11 is 0. The van der Waals surface area contributed by atoms with Crippen molar-refractivity contribution in [2.24, 2.45) is 0 Å². The zero-order valence-corrected chi connectivity index (χ0v) is 24.6. The molecule has 0 amide bonds. The third-order valence-corrected chi connectivity index (χ3v) is 5.22. The molecule has 5 heterocycles. The van der Waals surface area contributed by atoms with E-state index in [0.29, 0.717) is 0 Å². The van der Waals surface area contributed by atoms with Crippen LogP contribution in [0.3, 0.4) is 0 Å². The third kappa shape index (κ3) is 10.2. The fourth-order valence-electron chi connectivity index (χ4n) is 3.38. The number of nitrogens with zero attached hydrogens (tertiary/aromatic N) is 5. The van der Waals surface area contributed by atoms with Gasteiger partial charge in [0.2, 0.25) is 0 Å². The summed E-state index contributed by atoms with van der Waals surface area (Å²) in [7, 11) is 0. The van der Waals surface area contributed by atoms with Gasteiger partial charge in [0.25, 0.3) is 0 Å². The Morgan fingerprint density at radius 2 is 1.02 bits per heavy atom. The zero-order chi connectivity index (χ0) is 27.7. The minimum absolute atomic E-state index is 0. The molecule has 6 aromatic rings. The van der Waals surface area contributed by atoms with Crippen molar-refractivity contribution in [2.75, 3.05) is 6.61 Å². The minimum atomic E-state index is 0. The summed E-state index contributed by atoms with van der Waals surface area (Å²) in [6.45, 7) is 0.266. The van der Waals surface area contributed by atoms with Crippen LogP contribution in [0.25, 0.3) is 34.0 Å². The first-order chi connectivity index (χ1) is 19.8. The summed E-state index contributed by atoms with van der Waals surface area (Å²) < 4.78 is 5.33. The van der Waals surface area contributed by atoms with Crippen LogP contribution in [0.15, 0.2) is 140 Å². The number of hydrogen-bond acceptors (Lipinski definition) is 6. The second-order valence-corrected chi connectivity index (χ2v) is 8.01. The molecular weight excluding hydrogens is 685 g/mol. The van der Waals surface area contributed by atoms with E-state index in [2.05, 4.69) is 36.9 Å². The van der Waals surface area contributed by atoms with E-state index < -0.39 is 0 Å². The maximum atomic E-state index is 5.33. The summed E-state index contributed by atoms with van der Waals surface area (Å²) in [6, 6.07) is 37.6. The van der Waals surface area contributed by atoms with Crippen molar-refractivity contribution in [3.8, 4) is 52.1 Å². The van der Waals surface area contributed by atoms with Gasteiger partial charge in [-0.05, 0) is 66.4 Å². The van der Waals surface area contributed by atoms with Gasteiger partial charge in [-0.3, -0.25) is 19.9 Å². The van der Waals surface area contributed by atoms with E-state index in [1.165, 1.54) is 0 Å². The third-order valence-electron chi connectivity index (χ3n) is 5.22. The molecule has 41 heavy (non-hydrogen) atoms. The van der Waals surface area contributed by atoms with Gasteiger partial charge in [-0.2, -0.15) is 0 Å². The van der Waals surface area contributed by atoms with Crippen molar-refractivity contribution >= 4 is 0 Å². The Kier molecular flexibility index (Phi) is 13.0. The van der Waals surface area contributed by atoms with E-state index in [1.54, 1.807) is 37.1 Å². The molecule has 0 spiro atoms. The normalized spacial score (nSPS) is 9.34. The van der Waals surface area contributed by atoms with E-state index in [0.717, 1.165) is 39.8 Å². The van der Waals surface area contributed by atoms with Gasteiger partial charge in [0, 0.05) is 31.0 Å². The van der Waals surface area contributed by atoms with Crippen molar-refractivity contribution in [1.82, 2.24) is 24.9 Å². The van der Waals surface area contributed by atoms with Crippen LogP contribution in [0.1, 0.15) is 0 Å². The van der Waals surface area contributed by atoms with E-state index in [-0.39, 0.29) is 26.4 Å². The molecule has 7 heteroatoms. The molecule has 0 saturated heterocycles. The number of benzene rings is 1. The zero-order valence-electron chi connectivity index (χ0n) is 22.1. The molecule has 0 unspecified atom stereocenters. The number of pyridine rings is 5. The number of rotatable bonds is 5. The maximum Gasteiger partial charge on any atom is 1.00 e. The molecule has 0 aliphatic carbocycles. The van der Waals surface area contributed by atoms with E-state index >= 15 is 0 Å². The van der Waals surface area contributed by atoms with Gasteiger partial charge in [0.15, 0.2) is 0 Å². The molecule has 6 rings (SSSR count). The van der Waals surface area contributed by atoms with Crippen molar-refractivity contribution in [1.29, 1.82) is 0 Å². The number of aromatic nitrogens is 5. The summed E-state index contributed by atoms with van der Waals surface area (Å²) in [5.41, 5.74) is 5.43. The first kappa shape index (κ1) is 30.5. The minimum Gasteiger partial charge on any atom is -0.482 e. The molecule has 0 saturated carbocycles. The van der Waals surface area contributed by atoms with Crippen molar-refractivity contribution in [2.45, 2.75) is 0 Å². The summed E-state index contributed by atoms with van der Waals surface area (Å²) in [5, 5.41) is 0. The van der Waals surface area contributed by atoms with Gasteiger partial charge >= 0.3 is 19.8 Å². The topological polar surface area (TPSA) is 73.7 Å². The molecule has 1 radical (unpaired) electrons. The Morgan fingerprint density at radius 1 is 0.561 bits per heavy atom. The molecule has 0 bridgehead atoms. The monoisotopic (exact) mass is 712 g/mol. The van der Waals surface area contributed by atoms with Gasteiger partial charge in [-0.15, -0.1) is 42.3 Å². The number of terminal acetylenes is 1. The Bertz CT molecular complexity index is 1430. The van der Waals surface area contributed by atoms with Gasteiger partial charge in [-0.1, -0.05) is 30.2 Å². The first-order valence-electron chi connectivity index (χ1n) is 12.5. The van der Waals surface area contributed by atoms with Crippen LogP contribution in [0, 0.1) is 18.4 Å². The Morgan fingerprint density at radius 3 is 1.41 bits per heavy atom. The van der Waals surface area contributed by atoms with E-state index in [4.69, 9.17) is 11.2 Å².